The smallest absolute Gasteiger partial charge is 0.0306 e. The first-order valence-electron chi connectivity index (χ1n) is 7.72. The van der Waals surface area contributed by atoms with Gasteiger partial charge in [0.25, 0.3) is 0 Å². The van der Waals surface area contributed by atoms with Crippen molar-refractivity contribution < 1.29 is 0 Å². The van der Waals surface area contributed by atoms with E-state index in [2.05, 4.69) is 49.5 Å². The van der Waals surface area contributed by atoms with E-state index in [-0.39, 0.29) is 5.54 Å². The van der Waals surface area contributed by atoms with Gasteiger partial charge < -0.3 is 11.1 Å². The van der Waals surface area contributed by atoms with Crippen LogP contribution >= 0.6 is 0 Å². The number of rotatable bonds is 5. The molecule has 0 radical (unpaired) electrons. The second-order valence-corrected chi connectivity index (χ2v) is 6.12. The zero-order chi connectivity index (χ0) is 13.7. The van der Waals surface area contributed by atoms with Crippen LogP contribution in [0.3, 0.4) is 0 Å². The molecule has 1 atom stereocenters. The maximum atomic E-state index is 6.06. The van der Waals surface area contributed by atoms with Crippen LogP contribution in [0.15, 0.2) is 30.3 Å². The summed E-state index contributed by atoms with van der Waals surface area (Å²) in [5.41, 5.74) is 7.74. The number of hydrogen-bond donors (Lipinski definition) is 2. The Morgan fingerprint density at radius 2 is 1.89 bits per heavy atom. The lowest BCUT2D eigenvalue weighted by Crippen LogP contribution is -2.56. The molecule has 106 valence electrons. The maximum absolute atomic E-state index is 6.06. The molecule has 3 N–H and O–H groups in total. The van der Waals surface area contributed by atoms with Gasteiger partial charge in [-0.25, -0.2) is 0 Å². The van der Waals surface area contributed by atoms with Gasteiger partial charge in [-0.1, -0.05) is 37.3 Å². The van der Waals surface area contributed by atoms with Crippen molar-refractivity contribution in [2.24, 2.45) is 5.73 Å². The molecule has 19 heavy (non-hydrogen) atoms. The predicted molar refractivity (Wildman–Crippen MR) is 82.3 cm³/mol. The highest BCUT2D eigenvalue weighted by molar-refractivity contribution is 5.20. The Balaban J connectivity index is 1.97. The van der Waals surface area contributed by atoms with Crippen LogP contribution in [0, 0.1) is 0 Å². The monoisotopic (exact) mass is 260 g/mol. The van der Waals surface area contributed by atoms with Crippen molar-refractivity contribution >= 4 is 0 Å². The number of nitrogens with two attached hydrogens (primary N) is 1. The minimum atomic E-state index is 0.181. The maximum Gasteiger partial charge on any atom is 0.0306 e. The van der Waals surface area contributed by atoms with Crippen LogP contribution in [0.2, 0.25) is 0 Å². The number of hydrogen-bond acceptors (Lipinski definition) is 2. The predicted octanol–water partition coefficient (Wildman–Crippen LogP) is 3.43. The van der Waals surface area contributed by atoms with Gasteiger partial charge in [0, 0.05) is 18.1 Å². The number of benzene rings is 1. The fourth-order valence-corrected chi connectivity index (χ4v) is 3.26. The SMILES string of the molecule is CCC(C)NC1(CN)CCC(c2ccccc2)CC1. The summed E-state index contributed by atoms with van der Waals surface area (Å²) in [7, 11) is 0. The fourth-order valence-electron chi connectivity index (χ4n) is 3.26. The first-order valence-corrected chi connectivity index (χ1v) is 7.72. The highest BCUT2D eigenvalue weighted by atomic mass is 15.0. The molecule has 0 saturated heterocycles. The van der Waals surface area contributed by atoms with E-state index in [9.17, 15) is 0 Å². The van der Waals surface area contributed by atoms with Crippen molar-refractivity contribution in [3.63, 3.8) is 0 Å². The second-order valence-electron chi connectivity index (χ2n) is 6.12. The van der Waals surface area contributed by atoms with E-state index in [1.54, 1.807) is 0 Å². The topological polar surface area (TPSA) is 38.0 Å². The van der Waals surface area contributed by atoms with Gasteiger partial charge in [-0.3, -0.25) is 0 Å². The van der Waals surface area contributed by atoms with Crippen LogP contribution in [0.25, 0.3) is 0 Å². The molecule has 0 heterocycles. The summed E-state index contributed by atoms with van der Waals surface area (Å²) in [4.78, 5) is 0. The van der Waals surface area contributed by atoms with Crippen LogP contribution in [-0.2, 0) is 0 Å². The van der Waals surface area contributed by atoms with E-state index in [1.165, 1.54) is 37.7 Å². The quantitative estimate of drug-likeness (QED) is 0.851. The average Bonchev–Trinajstić information content (AvgIpc) is 2.48. The third-order valence-electron chi connectivity index (χ3n) is 4.77. The van der Waals surface area contributed by atoms with Gasteiger partial charge in [0.1, 0.15) is 0 Å². The first kappa shape index (κ1) is 14.5. The third kappa shape index (κ3) is 3.58. The van der Waals surface area contributed by atoms with E-state index in [4.69, 9.17) is 5.73 Å². The summed E-state index contributed by atoms with van der Waals surface area (Å²) in [6, 6.07) is 11.5. The molecule has 2 heteroatoms. The Hall–Kier alpha value is -0.860. The van der Waals surface area contributed by atoms with E-state index in [0.29, 0.717) is 6.04 Å². The molecule has 1 aromatic rings. The minimum Gasteiger partial charge on any atom is -0.329 e. The standard InChI is InChI=1S/C17H28N2/c1-3-14(2)19-17(13-18)11-9-16(10-12-17)15-7-5-4-6-8-15/h4-8,14,16,19H,3,9-13,18H2,1-2H3. The Morgan fingerprint density at radius 3 is 2.42 bits per heavy atom. The van der Waals surface area contributed by atoms with Crippen molar-refractivity contribution in [3.05, 3.63) is 35.9 Å². The van der Waals surface area contributed by atoms with E-state index >= 15 is 0 Å². The fraction of sp³-hybridized carbons (Fsp3) is 0.647. The Labute approximate surface area is 117 Å². The normalized spacial score (nSPS) is 29.1. The molecule has 2 rings (SSSR count). The Morgan fingerprint density at radius 1 is 1.26 bits per heavy atom. The summed E-state index contributed by atoms with van der Waals surface area (Å²) < 4.78 is 0. The molecule has 0 amide bonds. The molecule has 1 aromatic carbocycles. The molecule has 1 fully saturated rings. The second kappa shape index (κ2) is 6.53. The first-order chi connectivity index (χ1) is 9.19. The summed E-state index contributed by atoms with van der Waals surface area (Å²) in [5, 5.41) is 3.78. The van der Waals surface area contributed by atoms with Crippen molar-refractivity contribution in [3.8, 4) is 0 Å². The molecule has 0 aliphatic heterocycles. The molecule has 0 bridgehead atoms. The van der Waals surface area contributed by atoms with Gasteiger partial charge in [0.2, 0.25) is 0 Å². The largest absolute Gasteiger partial charge is 0.329 e. The molecule has 0 aromatic heterocycles. The van der Waals surface area contributed by atoms with Crippen molar-refractivity contribution in [1.29, 1.82) is 0 Å². The van der Waals surface area contributed by atoms with Crippen molar-refractivity contribution in [2.45, 2.75) is 63.5 Å². The molecule has 1 unspecified atom stereocenters. The molecule has 2 nitrogen and oxygen atoms in total. The average molecular weight is 260 g/mol. The van der Waals surface area contributed by atoms with Crippen LogP contribution in [-0.4, -0.2) is 18.1 Å². The molecule has 1 saturated carbocycles. The van der Waals surface area contributed by atoms with Crippen LogP contribution in [0.4, 0.5) is 0 Å². The lowest BCUT2D eigenvalue weighted by Gasteiger charge is -2.42. The van der Waals surface area contributed by atoms with Crippen LogP contribution in [0.5, 0.6) is 0 Å². The number of nitrogens with one attached hydrogen (secondary N) is 1. The summed E-state index contributed by atoms with van der Waals surface area (Å²) in [6.45, 7) is 5.26. The molecule has 1 aliphatic rings. The molecular formula is C17H28N2. The van der Waals surface area contributed by atoms with Gasteiger partial charge >= 0.3 is 0 Å². The van der Waals surface area contributed by atoms with Crippen LogP contribution < -0.4 is 11.1 Å². The van der Waals surface area contributed by atoms with Crippen LogP contribution in [0.1, 0.15) is 57.4 Å². The third-order valence-corrected chi connectivity index (χ3v) is 4.77. The van der Waals surface area contributed by atoms with Gasteiger partial charge in [-0.2, -0.15) is 0 Å². The highest BCUT2D eigenvalue weighted by Crippen LogP contribution is 2.37. The van der Waals surface area contributed by atoms with Gasteiger partial charge in [-0.05, 0) is 50.5 Å². The lowest BCUT2D eigenvalue weighted by atomic mass is 9.74. The van der Waals surface area contributed by atoms with Gasteiger partial charge in [0.15, 0.2) is 0 Å². The van der Waals surface area contributed by atoms with Crippen molar-refractivity contribution in [2.75, 3.05) is 6.54 Å². The van der Waals surface area contributed by atoms with Gasteiger partial charge in [-0.15, -0.1) is 0 Å². The summed E-state index contributed by atoms with van der Waals surface area (Å²) in [6.07, 6.45) is 6.08. The highest BCUT2D eigenvalue weighted by Gasteiger charge is 2.34. The summed E-state index contributed by atoms with van der Waals surface area (Å²) in [5.74, 6) is 0.722. The molecule has 0 spiro atoms. The Bertz CT molecular complexity index is 366. The summed E-state index contributed by atoms with van der Waals surface area (Å²) >= 11 is 0. The zero-order valence-electron chi connectivity index (χ0n) is 12.4. The molecule has 1 aliphatic carbocycles. The zero-order valence-corrected chi connectivity index (χ0v) is 12.4. The van der Waals surface area contributed by atoms with E-state index in [1.807, 2.05) is 0 Å². The molecular weight excluding hydrogens is 232 g/mol. The van der Waals surface area contributed by atoms with E-state index < -0.39 is 0 Å². The van der Waals surface area contributed by atoms with Gasteiger partial charge in [0.05, 0.1) is 0 Å². The Kier molecular flexibility index (Phi) is 5.00. The minimum absolute atomic E-state index is 0.181. The lowest BCUT2D eigenvalue weighted by molar-refractivity contribution is 0.202. The van der Waals surface area contributed by atoms with E-state index in [0.717, 1.165) is 12.5 Å². The van der Waals surface area contributed by atoms with Crippen molar-refractivity contribution in [1.82, 2.24) is 5.32 Å².